The van der Waals surface area contributed by atoms with Gasteiger partial charge in [0.2, 0.25) is 0 Å². The van der Waals surface area contributed by atoms with E-state index < -0.39 is 0 Å². The first-order valence-corrected chi connectivity index (χ1v) is 5.11. The van der Waals surface area contributed by atoms with Crippen molar-refractivity contribution in [2.24, 2.45) is 0 Å². The number of nitrogens with two attached hydrogens (primary N) is 1. The lowest BCUT2D eigenvalue weighted by Gasteiger charge is -2.04. The minimum atomic E-state index is -0.242. The van der Waals surface area contributed by atoms with E-state index in [2.05, 4.69) is 25.8 Å². The maximum atomic E-state index is 11.8. The van der Waals surface area contributed by atoms with Crippen LogP contribution in [0.5, 0.6) is 0 Å². The molecule has 2 rings (SSSR count). The second-order valence-electron chi connectivity index (χ2n) is 3.53. The molecular formula is C9H13N7O. The van der Waals surface area contributed by atoms with Gasteiger partial charge in [0.05, 0.1) is 12.7 Å². The molecule has 0 aliphatic rings. The Morgan fingerprint density at radius 3 is 3.06 bits per heavy atom. The Morgan fingerprint density at radius 2 is 2.47 bits per heavy atom. The molecule has 4 N–H and O–H groups in total. The molecule has 0 saturated heterocycles. The molecule has 0 saturated carbocycles. The zero-order chi connectivity index (χ0) is 12.3. The third kappa shape index (κ3) is 2.41. The van der Waals surface area contributed by atoms with E-state index >= 15 is 0 Å². The third-order valence-electron chi connectivity index (χ3n) is 2.30. The van der Waals surface area contributed by atoms with Crippen molar-refractivity contribution in [1.29, 1.82) is 0 Å². The molecule has 2 heterocycles. The van der Waals surface area contributed by atoms with Crippen LogP contribution >= 0.6 is 0 Å². The van der Waals surface area contributed by atoms with E-state index in [4.69, 9.17) is 5.73 Å². The lowest BCUT2D eigenvalue weighted by atomic mass is 10.2. The number of nitrogens with one attached hydrogen (secondary N) is 2. The Kier molecular flexibility index (Phi) is 3.03. The summed E-state index contributed by atoms with van der Waals surface area (Å²) in [6.45, 7) is 2.75. The first kappa shape index (κ1) is 11.1. The van der Waals surface area contributed by atoms with Crippen molar-refractivity contribution in [1.82, 2.24) is 30.5 Å². The van der Waals surface area contributed by atoms with Crippen molar-refractivity contribution in [2.45, 2.75) is 13.5 Å². The van der Waals surface area contributed by atoms with E-state index in [1.807, 2.05) is 0 Å². The molecule has 0 spiro atoms. The Hall–Kier alpha value is -2.38. The van der Waals surface area contributed by atoms with Crippen molar-refractivity contribution in [2.75, 3.05) is 12.3 Å². The van der Waals surface area contributed by atoms with Crippen LogP contribution in [0.4, 0.5) is 5.82 Å². The van der Waals surface area contributed by atoms with Gasteiger partial charge in [-0.15, -0.1) is 5.10 Å². The molecular weight excluding hydrogens is 222 g/mol. The number of nitrogen functional groups attached to an aromatic ring is 1. The van der Waals surface area contributed by atoms with Gasteiger partial charge in [0.25, 0.3) is 5.91 Å². The number of amides is 1. The van der Waals surface area contributed by atoms with Crippen LogP contribution in [0.3, 0.4) is 0 Å². The minimum absolute atomic E-state index is 0.209. The number of nitrogens with zero attached hydrogens (tertiary/aromatic N) is 4. The summed E-state index contributed by atoms with van der Waals surface area (Å²) in [5.41, 5.74) is 6.62. The lowest BCUT2D eigenvalue weighted by Crippen LogP contribution is -2.28. The molecule has 8 nitrogen and oxygen atoms in total. The summed E-state index contributed by atoms with van der Waals surface area (Å²) in [5, 5.41) is 16.6. The van der Waals surface area contributed by atoms with Crippen LogP contribution in [0.25, 0.3) is 0 Å². The molecule has 0 aliphatic carbocycles. The van der Waals surface area contributed by atoms with Gasteiger partial charge in [0, 0.05) is 18.4 Å². The van der Waals surface area contributed by atoms with Crippen molar-refractivity contribution in [3.63, 3.8) is 0 Å². The van der Waals surface area contributed by atoms with Gasteiger partial charge < -0.3 is 11.1 Å². The van der Waals surface area contributed by atoms with E-state index in [0.717, 1.165) is 0 Å². The van der Waals surface area contributed by atoms with Gasteiger partial charge in [-0.25, -0.2) is 0 Å². The quantitative estimate of drug-likeness (QED) is 0.649. The second-order valence-corrected chi connectivity index (χ2v) is 3.53. The molecule has 0 unspecified atom stereocenters. The number of carbonyl (C=O) groups is 1. The molecule has 17 heavy (non-hydrogen) atoms. The largest absolute Gasteiger partial charge is 0.382 e. The molecule has 2 aromatic rings. The SMILES string of the molecule is Cc1[nH]nc(N)c1C(=O)NCCn1ccnn1. The highest BCUT2D eigenvalue weighted by Gasteiger charge is 2.15. The van der Waals surface area contributed by atoms with Crippen LogP contribution in [0.1, 0.15) is 16.1 Å². The minimum Gasteiger partial charge on any atom is -0.382 e. The molecule has 2 aromatic heterocycles. The van der Waals surface area contributed by atoms with Gasteiger partial charge in [0.15, 0.2) is 5.82 Å². The smallest absolute Gasteiger partial charge is 0.256 e. The summed E-state index contributed by atoms with van der Waals surface area (Å²) < 4.78 is 1.63. The number of carbonyl (C=O) groups excluding carboxylic acids is 1. The van der Waals surface area contributed by atoms with E-state index in [1.165, 1.54) is 0 Å². The average molecular weight is 235 g/mol. The molecule has 0 radical (unpaired) electrons. The highest BCUT2D eigenvalue weighted by molar-refractivity contribution is 5.99. The Morgan fingerprint density at radius 1 is 1.65 bits per heavy atom. The number of hydrogen-bond acceptors (Lipinski definition) is 5. The summed E-state index contributed by atoms with van der Waals surface area (Å²) in [5.74, 6) is -0.0328. The molecule has 0 aliphatic heterocycles. The molecule has 0 aromatic carbocycles. The average Bonchev–Trinajstić information content (AvgIpc) is 2.89. The number of aromatic nitrogens is 5. The topological polar surface area (TPSA) is 115 Å². The van der Waals surface area contributed by atoms with Crippen LogP contribution < -0.4 is 11.1 Å². The number of rotatable bonds is 4. The number of H-pyrrole nitrogens is 1. The van der Waals surface area contributed by atoms with Crippen molar-refractivity contribution in [3.8, 4) is 0 Å². The highest BCUT2D eigenvalue weighted by Crippen LogP contribution is 2.11. The number of aromatic amines is 1. The summed E-state index contributed by atoms with van der Waals surface area (Å²) in [7, 11) is 0. The van der Waals surface area contributed by atoms with E-state index in [9.17, 15) is 4.79 Å². The lowest BCUT2D eigenvalue weighted by molar-refractivity contribution is 0.0952. The van der Waals surface area contributed by atoms with Crippen LogP contribution in [-0.2, 0) is 6.54 Å². The van der Waals surface area contributed by atoms with Crippen LogP contribution in [-0.4, -0.2) is 37.6 Å². The highest BCUT2D eigenvalue weighted by atomic mass is 16.1. The predicted molar refractivity (Wildman–Crippen MR) is 60.1 cm³/mol. The first-order valence-electron chi connectivity index (χ1n) is 5.11. The van der Waals surface area contributed by atoms with Crippen LogP contribution in [0.15, 0.2) is 12.4 Å². The zero-order valence-electron chi connectivity index (χ0n) is 9.34. The van der Waals surface area contributed by atoms with Gasteiger partial charge in [-0.3, -0.25) is 14.6 Å². The Balaban J connectivity index is 1.90. The monoisotopic (exact) mass is 235 g/mol. The summed E-state index contributed by atoms with van der Waals surface area (Å²) in [6, 6.07) is 0. The normalized spacial score (nSPS) is 10.4. The summed E-state index contributed by atoms with van der Waals surface area (Å²) >= 11 is 0. The molecule has 90 valence electrons. The van der Waals surface area contributed by atoms with E-state index in [1.54, 1.807) is 24.0 Å². The Bertz CT molecular complexity index is 482. The standard InChI is InChI=1S/C9H13N7O/c1-6-7(8(10)14-13-6)9(17)11-2-4-16-5-3-12-15-16/h3,5H,2,4H2,1H3,(H,11,17)(H3,10,13,14). The second kappa shape index (κ2) is 4.64. The van der Waals surface area contributed by atoms with Gasteiger partial charge >= 0.3 is 0 Å². The molecule has 0 fully saturated rings. The summed E-state index contributed by atoms with van der Waals surface area (Å²) in [6.07, 6.45) is 3.31. The van der Waals surface area contributed by atoms with Crippen molar-refractivity contribution < 1.29 is 4.79 Å². The molecule has 8 heteroatoms. The number of aryl methyl sites for hydroxylation is 1. The van der Waals surface area contributed by atoms with E-state index in [0.29, 0.717) is 24.3 Å². The molecule has 0 atom stereocenters. The van der Waals surface area contributed by atoms with Crippen molar-refractivity contribution in [3.05, 3.63) is 23.7 Å². The number of hydrogen-bond donors (Lipinski definition) is 3. The van der Waals surface area contributed by atoms with Crippen LogP contribution in [0, 0.1) is 6.92 Å². The van der Waals surface area contributed by atoms with Crippen molar-refractivity contribution >= 4 is 11.7 Å². The van der Waals surface area contributed by atoms with Gasteiger partial charge in [-0.2, -0.15) is 5.10 Å². The third-order valence-corrected chi connectivity index (χ3v) is 2.30. The zero-order valence-corrected chi connectivity index (χ0v) is 9.34. The fraction of sp³-hybridized carbons (Fsp3) is 0.333. The predicted octanol–water partition coefficient (Wildman–Crippen LogP) is -0.678. The molecule has 1 amide bonds. The van der Waals surface area contributed by atoms with E-state index in [-0.39, 0.29) is 11.7 Å². The first-order chi connectivity index (χ1) is 8.18. The van der Waals surface area contributed by atoms with Gasteiger partial charge in [0.1, 0.15) is 5.56 Å². The number of anilines is 1. The Labute approximate surface area is 97.2 Å². The van der Waals surface area contributed by atoms with Gasteiger partial charge in [-0.1, -0.05) is 5.21 Å². The maximum Gasteiger partial charge on any atom is 0.256 e. The molecule has 0 bridgehead atoms. The fourth-order valence-corrected chi connectivity index (χ4v) is 1.46. The van der Waals surface area contributed by atoms with Gasteiger partial charge in [-0.05, 0) is 6.92 Å². The summed E-state index contributed by atoms with van der Waals surface area (Å²) in [4.78, 5) is 11.8. The fourth-order valence-electron chi connectivity index (χ4n) is 1.46. The maximum absolute atomic E-state index is 11.8. The van der Waals surface area contributed by atoms with Crippen LogP contribution in [0.2, 0.25) is 0 Å².